The van der Waals surface area contributed by atoms with E-state index in [9.17, 15) is 13.2 Å². The minimum absolute atomic E-state index is 0.123. The summed E-state index contributed by atoms with van der Waals surface area (Å²) in [6.07, 6.45) is 2.61. The second-order valence-electron chi connectivity index (χ2n) is 8.81. The lowest BCUT2D eigenvalue weighted by Crippen LogP contribution is -2.58. The number of hydrogen-bond acceptors (Lipinski definition) is 4. The Morgan fingerprint density at radius 2 is 1.83 bits per heavy atom. The van der Waals surface area contributed by atoms with Crippen molar-refractivity contribution in [3.05, 3.63) is 35.9 Å². The van der Waals surface area contributed by atoms with Gasteiger partial charge in [0.2, 0.25) is 15.9 Å². The Morgan fingerprint density at radius 1 is 1.17 bits per heavy atom. The zero-order valence-corrected chi connectivity index (χ0v) is 18.7. The van der Waals surface area contributed by atoms with Crippen molar-refractivity contribution in [1.82, 2.24) is 9.21 Å². The first-order valence-electron chi connectivity index (χ1n) is 10.7. The summed E-state index contributed by atoms with van der Waals surface area (Å²) in [4.78, 5) is 15.3. The highest BCUT2D eigenvalue weighted by Gasteiger charge is 2.42. The fraction of sp³-hybridized carbons (Fsp3) is 0.682. The Kier molecular flexibility index (Phi) is 7.02. The molecule has 0 aromatic heterocycles. The van der Waals surface area contributed by atoms with Gasteiger partial charge >= 0.3 is 0 Å². The Bertz CT molecular complexity index is 786. The molecule has 1 aromatic rings. The van der Waals surface area contributed by atoms with E-state index in [1.165, 1.54) is 0 Å². The molecule has 2 fully saturated rings. The molecule has 162 valence electrons. The molecule has 1 unspecified atom stereocenters. The fourth-order valence-corrected chi connectivity index (χ4v) is 5.84. The van der Waals surface area contributed by atoms with Gasteiger partial charge in [0.25, 0.3) is 0 Å². The predicted molar refractivity (Wildman–Crippen MR) is 114 cm³/mol. The summed E-state index contributed by atoms with van der Waals surface area (Å²) in [5.74, 6) is 0.212. The van der Waals surface area contributed by atoms with Crippen LogP contribution in [0.15, 0.2) is 30.3 Å². The molecule has 3 rings (SSSR count). The minimum atomic E-state index is -3.20. The normalized spacial score (nSPS) is 23.8. The number of carbonyl (C=O) groups is 1. The number of piperidine rings is 1. The Hall–Kier alpha value is -1.44. The molecule has 2 heterocycles. The van der Waals surface area contributed by atoms with Crippen LogP contribution in [0.25, 0.3) is 0 Å². The number of sulfonamides is 1. The second-order valence-corrected chi connectivity index (χ2v) is 10.9. The van der Waals surface area contributed by atoms with Crippen LogP contribution in [0.3, 0.4) is 0 Å². The molecule has 0 N–H and O–H groups in total. The van der Waals surface area contributed by atoms with E-state index in [1.807, 2.05) is 56.0 Å². The number of unbranched alkanes of at least 4 members (excludes halogenated alkanes) is 1. The molecule has 7 heteroatoms. The van der Waals surface area contributed by atoms with Gasteiger partial charge in [-0.1, -0.05) is 43.7 Å². The van der Waals surface area contributed by atoms with Crippen LogP contribution in [0.4, 0.5) is 0 Å². The summed E-state index contributed by atoms with van der Waals surface area (Å²) >= 11 is 0. The molecule has 0 bridgehead atoms. The van der Waals surface area contributed by atoms with Crippen molar-refractivity contribution < 1.29 is 17.9 Å². The molecule has 29 heavy (non-hydrogen) atoms. The van der Waals surface area contributed by atoms with Crippen molar-refractivity contribution in [2.75, 3.05) is 32.0 Å². The lowest BCUT2D eigenvalue weighted by atomic mass is 9.91. The fourth-order valence-electron chi connectivity index (χ4n) is 4.16. The summed E-state index contributed by atoms with van der Waals surface area (Å²) in [5, 5.41) is 0. The zero-order valence-electron chi connectivity index (χ0n) is 17.8. The van der Waals surface area contributed by atoms with Crippen LogP contribution in [0, 0.1) is 5.92 Å². The third-order valence-corrected chi connectivity index (χ3v) is 8.06. The first-order valence-corrected chi connectivity index (χ1v) is 12.3. The summed E-state index contributed by atoms with van der Waals surface area (Å²) < 4.78 is 32.5. The number of rotatable bonds is 6. The Labute approximate surface area is 175 Å². The quantitative estimate of drug-likeness (QED) is 0.706. The Balaban J connectivity index is 1.64. The standard InChI is InChI=1S/C22H34N2O4S/c1-4-5-15-29(26,27)23-13-11-19(12-14-23)21(25)24-16-20(28-17-22(24,2)3)18-9-7-6-8-10-18/h6-10,19-20H,4-5,11-17H2,1-3H3. The third kappa shape index (κ3) is 5.19. The van der Waals surface area contributed by atoms with Crippen LogP contribution in [-0.4, -0.2) is 61.1 Å². The second kappa shape index (κ2) is 9.14. The van der Waals surface area contributed by atoms with E-state index in [1.54, 1.807) is 4.31 Å². The van der Waals surface area contributed by atoms with E-state index in [2.05, 4.69) is 0 Å². The van der Waals surface area contributed by atoms with Gasteiger partial charge < -0.3 is 9.64 Å². The Morgan fingerprint density at radius 3 is 2.45 bits per heavy atom. The summed E-state index contributed by atoms with van der Waals surface area (Å²) in [6.45, 7) is 7.97. The highest BCUT2D eigenvalue weighted by atomic mass is 32.2. The maximum atomic E-state index is 13.4. The lowest BCUT2D eigenvalue weighted by molar-refractivity contribution is -0.160. The molecule has 2 saturated heterocycles. The maximum Gasteiger partial charge on any atom is 0.226 e. The van der Waals surface area contributed by atoms with E-state index in [-0.39, 0.29) is 29.2 Å². The number of amides is 1. The number of benzene rings is 1. The largest absolute Gasteiger partial charge is 0.369 e. The van der Waals surface area contributed by atoms with E-state index < -0.39 is 10.0 Å². The first-order chi connectivity index (χ1) is 13.7. The van der Waals surface area contributed by atoms with Crippen LogP contribution >= 0.6 is 0 Å². The van der Waals surface area contributed by atoms with Gasteiger partial charge in [0.1, 0.15) is 6.10 Å². The molecular weight excluding hydrogens is 388 g/mol. The third-order valence-electron chi connectivity index (χ3n) is 6.11. The molecule has 0 spiro atoms. The minimum Gasteiger partial charge on any atom is -0.369 e. The number of ether oxygens (including phenoxy) is 1. The van der Waals surface area contributed by atoms with E-state index in [4.69, 9.17) is 4.74 Å². The van der Waals surface area contributed by atoms with Gasteiger partial charge in [0.05, 0.1) is 24.4 Å². The van der Waals surface area contributed by atoms with Crippen molar-refractivity contribution in [2.24, 2.45) is 5.92 Å². The van der Waals surface area contributed by atoms with Gasteiger partial charge in [0.15, 0.2) is 0 Å². The van der Waals surface area contributed by atoms with E-state index in [0.29, 0.717) is 45.5 Å². The molecule has 6 nitrogen and oxygen atoms in total. The maximum absolute atomic E-state index is 13.4. The smallest absolute Gasteiger partial charge is 0.226 e. The number of nitrogens with zero attached hydrogens (tertiary/aromatic N) is 2. The highest BCUT2D eigenvalue weighted by Crippen LogP contribution is 2.33. The molecule has 2 aliphatic rings. The number of carbonyl (C=O) groups excluding carboxylic acids is 1. The summed E-state index contributed by atoms with van der Waals surface area (Å²) in [6, 6.07) is 10.0. The molecule has 1 amide bonds. The monoisotopic (exact) mass is 422 g/mol. The SMILES string of the molecule is CCCCS(=O)(=O)N1CCC(C(=O)N2CC(c3ccccc3)OCC2(C)C)CC1. The molecular formula is C22H34N2O4S. The van der Waals surface area contributed by atoms with Crippen LogP contribution in [0.1, 0.15) is 58.1 Å². The van der Waals surface area contributed by atoms with Gasteiger partial charge in [-0.25, -0.2) is 12.7 Å². The molecule has 0 radical (unpaired) electrons. The van der Waals surface area contributed by atoms with E-state index in [0.717, 1.165) is 12.0 Å². The zero-order chi connectivity index (χ0) is 21.1. The molecule has 2 aliphatic heterocycles. The first kappa shape index (κ1) is 22.2. The van der Waals surface area contributed by atoms with Crippen LogP contribution in [-0.2, 0) is 19.6 Å². The molecule has 0 saturated carbocycles. The molecule has 0 aliphatic carbocycles. The van der Waals surface area contributed by atoms with Crippen molar-refractivity contribution in [3.63, 3.8) is 0 Å². The van der Waals surface area contributed by atoms with Crippen molar-refractivity contribution >= 4 is 15.9 Å². The van der Waals surface area contributed by atoms with Crippen molar-refractivity contribution in [1.29, 1.82) is 0 Å². The lowest BCUT2D eigenvalue weighted by Gasteiger charge is -2.47. The predicted octanol–water partition coefficient (Wildman–Crippen LogP) is 3.21. The average molecular weight is 423 g/mol. The van der Waals surface area contributed by atoms with Gasteiger partial charge in [-0.15, -0.1) is 0 Å². The summed E-state index contributed by atoms with van der Waals surface area (Å²) in [7, 11) is -3.20. The average Bonchev–Trinajstić information content (AvgIpc) is 2.72. The van der Waals surface area contributed by atoms with Crippen molar-refractivity contribution in [2.45, 2.75) is 58.1 Å². The van der Waals surface area contributed by atoms with Gasteiger partial charge in [0, 0.05) is 19.0 Å². The van der Waals surface area contributed by atoms with Crippen molar-refractivity contribution in [3.8, 4) is 0 Å². The van der Waals surface area contributed by atoms with Gasteiger partial charge in [-0.3, -0.25) is 4.79 Å². The molecule has 1 atom stereocenters. The van der Waals surface area contributed by atoms with Crippen LogP contribution in [0.2, 0.25) is 0 Å². The van der Waals surface area contributed by atoms with E-state index >= 15 is 0 Å². The molecule has 1 aromatic carbocycles. The van der Waals surface area contributed by atoms with Crippen LogP contribution in [0.5, 0.6) is 0 Å². The van der Waals surface area contributed by atoms with Gasteiger partial charge in [-0.05, 0) is 38.7 Å². The highest BCUT2D eigenvalue weighted by molar-refractivity contribution is 7.89. The van der Waals surface area contributed by atoms with Crippen LogP contribution < -0.4 is 0 Å². The topological polar surface area (TPSA) is 66.9 Å². The number of hydrogen-bond donors (Lipinski definition) is 0. The summed E-state index contributed by atoms with van der Waals surface area (Å²) in [5.41, 5.74) is 0.713. The van der Waals surface area contributed by atoms with Gasteiger partial charge in [-0.2, -0.15) is 0 Å². The number of morpholine rings is 1.